The molecule has 1 aromatic heterocycles. The van der Waals surface area contributed by atoms with Crippen molar-refractivity contribution in [1.82, 2.24) is 14.6 Å². The number of amides is 2. The monoisotopic (exact) mass is 511 g/mol. The predicted molar refractivity (Wildman–Crippen MR) is 122 cm³/mol. The van der Waals surface area contributed by atoms with Gasteiger partial charge in [0.25, 0.3) is 11.8 Å². The standard InChI is InChI=1S/C18H21N7O7S2/c1-9-13(17(27)25(9)34(28,29)30)23-16(26)14(12-8-33-18(21)22-12)24-32-7-6-31-11-4-2-10(3-5-11)15(19)20/h2-5,8-9,13H,6-7H2,1H3,(H3,19,20)(H2,21,22)(H,23,26)(H,28,29,30)/b24-14-/t9-,13-/m0/s1. The van der Waals surface area contributed by atoms with Crippen LogP contribution in [0.3, 0.4) is 0 Å². The van der Waals surface area contributed by atoms with Crippen molar-refractivity contribution >= 4 is 50.1 Å². The molecule has 7 N–H and O–H groups in total. The molecule has 1 aromatic carbocycles. The summed E-state index contributed by atoms with van der Waals surface area (Å²) < 4.78 is 37.3. The molecular formula is C18H21N7O7S2. The second-order valence-electron chi connectivity index (χ2n) is 6.93. The topological polar surface area (TPSA) is 223 Å². The first-order valence-corrected chi connectivity index (χ1v) is 11.9. The van der Waals surface area contributed by atoms with E-state index in [-0.39, 0.29) is 39.9 Å². The quantitative estimate of drug-likeness (QED) is 0.0675. The van der Waals surface area contributed by atoms with E-state index in [0.717, 1.165) is 11.3 Å². The molecule has 0 aliphatic carbocycles. The molecule has 0 bridgehead atoms. The van der Waals surface area contributed by atoms with Gasteiger partial charge in [-0.1, -0.05) is 5.16 Å². The van der Waals surface area contributed by atoms with Gasteiger partial charge in [-0.2, -0.15) is 8.42 Å². The van der Waals surface area contributed by atoms with Gasteiger partial charge >= 0.3 is 10.3 Å². The molecule has 1 fully saturated rings. The average molecular weight is 512 g/mol. The molecule has 0 saturated carbocycles. The number of β-lactam (4-membered cyclic amide) rings is 1. The third-order valence-corrected chi connectivity index (χ3v) is 6.30. The Labute approximate surface area is 197 Å². The van der Waals surface area contributed by atoms with Crippen molar-refractivity contribution < 1.29 is 32.1 Å². The number of ether oxygens (including phenoxy) is 1. The third kappa shape index (κ3) is 5.59. The Hall–Kier alpha value is -3.76. The van der Waals surface area contributed by atoms with E-state index in [2.05, 4.69) is 15.5 Å². The zero-order valence-corrected chi connectivity index (χ0v) is 19.3. The van der Waals surface area contributed by atoms with Gasteiger partial charge in [0, 0.05) is 10.9 Å². The van der Waals surface area contributed by atoms with Crippen molar-refractivity contribution in [2.24, 2.45) is 10.9 Å². The fourth-order valence-corrected chi connectivity index (χ4v) is 4.38. The number of benzene rings is 1. The van der Waals surface area contributed by atoms with Crippen LogP contribution < -0.4 is 21.5 Å². The van der Waals surface area contributed by atoms with Crippen LogP contribution in [0.1, 0.15) is 18.2 Å². The molecule has 1 aliphatic heterocycles. The molecule has 0 radical (unpaired) electrons. The summed E-state index contributed by atoms with van der Waals surface area (Å²) in [6, 6.07) is 4.30. The molecule has 34 heavy (non-hydrogen) atoms. The maximum atomic E-state index is 12.7. The number of amidine groups is 1. The van der Waals surface area contributed by atoms with Gasteiger partial charge in [-0.15, -0.1) is 11.3 Å². The van der Waals surface area contributed by atoms with E-state index in [1.807, 2.05) is 0 Å². The van der Waals surface area contributed by atoms with Gasteiger partial charge in [-0.05, 0) is 31.2 Å². The molecule has 0 spiro atoms. The van der Waals surface area contributed by atoms with E-state index in [9.17, 15) is 18.0 Å². The van der Waals surface area contributed by atoms with Gasteiger partial charge in [-0.25, -0.2) is 9.29 Å². The fraction of sp³-hybridized carbons (Fsp3) is 0.278. The molecule has 2 heterocycles. The lowest BCUT2D eigenvalue weighted by Gasteiger charge is -2.42. The largest absolute Gasteiger partial charge is 0.490 e. The molecule has 16 heteroatoms. The Morgan fingerprint density at radius 3 is 2.56 bits per heavy atom. The number of rotatable bonds is 10. The molecule has 1 saturated heterocycles. The minimum atomic E-state index is -4.73. The van der Waals surface area contributed by atoms with Crippen molar-refractivity contribution in [2.75, 3.05) is 18.9 Å². The fourth-order valence-electron chi connectivity index (χ4n) is 2.95. The number of nitrogens with zero attached hydrogens (tertiary/aromatic N) is 3. The number of thiazole rings is 1. The van der Waals surface area contributed by atoms with Crippen molar-refractivity contribution in [3.8, 4) is 5.75 Å². The number of hydrogen-bond acceptors (Lipinski definition) is 11. The third-order valence-electron chi connectivity index (χ3n) is 4.61. The van der Waals surface area contributed by atoms with E-state index in [1.165, 1.54) is 12.3 Å². The number of anilines is 1. The zero-order chi connectivity index (χ0) is 25.0. The van der Waals surface area contributed by atoms with Crippen LogP contribution in [-0.4, -0.2) is 70.9 Å². The van der Waals surface area contributed by atoms with Gasteiger partial charge in [0.1, 0.15) is 29.9 Å². The van der Waals surface area contributed by atoms with Crippen molar-refractivity contribution in [2.45, 2.75) is 19.0 Å². The van der Waals surface area contributed by atoms with Crippen LogP contribution in [0, 0.1) is 5.41 Å². The Kier molecular flexibility index (Phi) is 7.33. The maximum absolute atomic E-state index is 12.7. The molecule has 2 amide bonds. The number of nitrogen functional groups attached to an aromatic ring is 2. The summed E-state index contributed by atoms with van der Waals surface area (Å²) in [5.74, 6) is -1.41. The molecule has 3 rings (SSSR count). The van der Waals surface area contributed by atoms with E-state index in [1.54, 1.807) is 24.3 Å². The Balaban J connectivity index is 1.61. The van der Waals surface area contributed by atoms with Gasteiger partial charge < -0.3 is 26.4 Å². The number of nitrogens with one attached hydrogen (secondary N) is 2. The van der Waals surface area contributed by atoms with Crippen molar-refractivity contribution in [3.63, 3.8) is 0 Å². The minimum absolute atomic E-state index is 0.0554. The SMILES string of the molecule is C[C@H]1[C@H](NC(=O)/C(=N\OCCOc2ccc(C(=N)N)cc2)c2csc(N)n2)C(=O)N1S(=O)(=O)O. The first-order chi connectivity index (χ1) is 16.0. The smallest absolute Gasteiger partial charge is 0.362 e. The summed E-state index contributed by atoms with van der Waals surface area (Å²) in [5.41, 5.74) is 11.4. The van der Waals surface area contributed by atoms with Crippen LogP contribution in [0.2, 0.25) is 0 Å². The predicted octanol–water partition coefficient (Wildman–Crippen LogP) is -0.673. The second kappa shape index (κ2) is 10.0. The summed E-state index contributed by atoms with van der Waals surface area (Å²) in [7, 11) is -4.73. The Bertz CT molecular complexity index is 1230. The zero-order valence-electron chi connectivity index (χ0n) is 17.7. The number of carbonyl (C=O) groups excluding carboxylic acids is 2. The molecule has 0 unspecified atom stereocenters. The second-order valence-corrected chi connectivity index (χ2v) is 9.11. The van der Waals surface area contributed by atoms with Gasteiger partial charge in [-0.3, -0.25) is 19.6 Å². The molecular weight excluding hydrogens is 490 g/mol. The lowest BCUT2D eigenvalue weighted by atomic mass is 10.0. The first kappa shape index (κ1) is 24.9. The van der Waals surface area contributed by atoms with E-state index < -0.39 is 34.2 Å². The Morgan fingerprint density at radius 2 is 2.03 bits per heavy atom. The molecule has 1 aliphatic rings. The average Bonchev–Trinajstić information content (AvgIpc) is 3.19. The molecule has 2 aromatic rings. The number of oxime groups is 1. The van der Waals surface area contributed by atoms with Crippen molar-refractivity contribution in [1.29, 1.82) is 5.41 Å². The molecule has 14 nitrogen and oxygen atoms in total. The van der Waals surface area contributed by atoms with Crippen LogP contribution in [0.15, 0.2) is 34.8 Å². The number of hydrogen-bond donors (Lipinski definition) is 5. The van der Waals surface area contributed by atoms with Gasteiger partial charge in [0.15, 0.2) is 17.5 Å². The maximum Gasteiger partial charge on any atom is 0.362 e. The molecule has 2 atom stereocenters. The minimum Gasteiger partial charge on any atom is -0.490 e. The summed E-state index contributed by atoms with van der Waals surface area (Å²) in [6.45, 7) is 1.35. The first-order valence-electron chi connectivity index (χ1n) is 9.59. The van der Waals surface area contributed by atoms with Crippen LogP contribution in [0.25, 0.3) is 0 Å². The lowest BCUT2D eigenvalue weighted by molar-refractivity contribution is -0.143. The lowest BCUT2D eigenvalue weighted by Crippen LogP contribution is -2.71. The number of aromatic nitrogens is 1. The van der Waals surface area contributed by atoms with Crippen molar-refractivity contribution in [3.05, 3.63) is 40.9 Å². The summed E-state index contributed by atoms with van der Waals surface area (Å²) in [6.07, 6.45) is 0. The highest BCUT2D eigenvalue weighted by atomic mass is 32.2. The summed E-state index contributed by atoms with van der Waals surface area (Å²) in [5, 5.41) is 15.1. The van der Waals surface area contributed by atoms with E-state index >= 15 is 0 Å². The van der Waals surface area contributed by atoms with Gasteiger partial charge in [0.05, 0.1) is 6.04 Å². The number of carbonyl (C=O) groups is 2. The van der Waals surface area contributed by atoms with Crippen LogP contribution in [0.5, 0.6) is 5.75 Å². The highest BCUT2D eigenvalue weighted by molar-refractivity contribution is 7.84. The van der Waals surface area contributed by atoms with E-state index in [0.29, 0.717) is 11.3 Å². The van der Waals surface area contributed by atoms with Crippen LogP contribution in [0.4, 0.5) is 5.13 Å². The summed E-state index contributed by atoms with van der Waals surface area (Å²) in [4.78, 5) is 33.9. The highest BCUT2D eigenvalue weighted by Gasteiger charge is 2.51. The molecule has 182 valence electrons. The van der Waals surface area contributed by atoms with Crippen LogP contribution >= 0.6 is 11.3 Å². The highest BCUT2D eigenvalue weighted by Crippen LogP contribution is 2.23. The van der Waals surface area contributed by atoms with E-state index in [4.69, 9.17) is 31.0 Å². The van der Waals surface area contributed by atoms with Crippen LogP contribution in [-0.2, 0) is 24.7 Å². The summed E-state index contributed by atoms with van der Waals surface area (Å²) >= 11 is 1.05. The Morgan fingerprint density at radius 1 is 1.35 bits per heavy atom. The number of nitrogens with two attached hydrogens (primary N) is 2. The normalized spacial score (nSPS) is 18.2. The van der Waals surface area contributed by atoms with Gasteiger partial charge in [0.2, 0.25) is 0 Å².